The van der Waals surface area contributed by atoms with Crippen molar-refractivity contribution in [3.05, 3.63) is 28.8 Å². The van der Waals surface area contributed by atoms with Gasteiger partial charge in [0.25, 0.3) is 0 Å². The van der Waals surface area contributed by atoms with Crippen molar-refractivity contribution in [3.63, 3.8) is 0 Å². The Labute approximate surface area is 101 Å². The van der Waals surface area contributed by atoms with Gasteiger partial charge in [0, 0.05) is 17.3 Å². The Bertz CT molecular complexity index is 393. The van der Waals surface area contributed by atoms with E-state index in [1.807, 2.05) is 26.0 Å². The maximum atomic E-state index is 11.0. The molecule has 0 unspecified atom stereocenters. The van der Waals surface area contributed by atoms with E-state index in [9.17, 15) is 4.79 Å². The maximum absolute atomic E-state index is 11.0. The first-order chi connectivity index (χ1) is 7.47. The molecule has 1 atom stereocenters. The highest BCUT2D eigenvalue weighted by Crippen LogP contribution is 2.24. The van der Waals surface area contributed by atoms with Crippen molar-refractivity contribution < 1.29 is 9.90 Å². The lowest BCUT2D eigenvalue weighted by molar-refractivity contribution is -0.138. The highest BCUT2D eigenvalue weighted by molar-refractivity contribution is 6.31. The van der Waals surface area contributed by atoms with Crippen LogP contribution in [0.3, 0.4) is 0 Å². The second kappa shape index (κ2) is 5.21. The van der Waals surface area contributed by atoms with Crippen LogP contribution in [0.15, 0.2) is 18.2 Å². The zero-order valence-electron chi connectivity index (χ0n) is 9.70. The fourth-order valence-electron chi connectivity index (χ4n) is 1.57. The fourth-order valence-corrected chi connectivity index (χ4v) is 1.75. The number of hydrogen-bond acceptors (Lipinski definition) is 2. The number of rotatable bonds is 4. The van der Waals surface area contributed by atoms with Crippen molar-refractivity contribution in [2.45, 2.75) is 26.8 Å². The van der Waals surface area contributed by atoms with Gasteiger partial charge in [0.05, 0.1) is 0 Å². The average molecular weight is 242 g/mol. The fraction of sp³-hybridized carbons (Fsp3) is 0.417. The van der Waals surface area contributed by atoms with Crippen LogP contribution in [0.5, 0.6) is 0 Å². The number of hydrogen-bond donors (Lipinski definition) is 1. The molecule has 88 valence electrons. The second-order valence-electron chi connectivity index (χ2n) is 3.73. The molecule has 0 bridgehead atoms. The summed E-state index contributed by atoms with van der Waals surface area (Å²) in [6, 6.07) is 5.04. The number of aliphatic carboxylic acids is 1. The number of carboxylic acid groups (broad SMARTS) is 1. The van der Waals surface area contributed by atoms with Crippen LogP contribution in [0.1, 0.15) is 19.4 Å². The topological polar surface area (TPSA) is 40.5 Å². The summed E-state index contributed by atoms with van der Waals surface area (Å²) in [6.07, 6.45) is 0. The molecular formula is C12H16ClNO2. The van der Waals surface area contributed by atoms with E-state index in [1.165, 1.54) is 0 Å². The van der Waals surface area contributed by atoms with Crippen LogP contribution in [0, 0.1) is 6.92 Å². The first-order valence-electron chi connectivity index (χ1n) is 5.23. The third-order valence-corrected chi connectivity index (χ3v) is 3.06. The van der Waals surface area contributed by atoms with E-state index in [-0.39, 0.29) is 0 Å². The molecule has 1 N–H and O–H groups in total. The number of likely N-dealkylation sites (N-methyl/N-ethyl adjacent to an activating group) is 1. The Hall–Kier alpha value is -1.22. The van der Waals surface area contributed by atoms with Crippen molar-refractivity contribution >= 4 is 23.3 Å². The first-order valence-corrected chi connectivity index (χ1v) is 5.60. The number of aryl methyl sites for hydroxylation is 1. The van der Waals surface area contributed by atoms with Gasteiger partial charge in [-0.05, 0) is 38.5 Å². The normalized spacial score (nSPS) is 12.2. The van der Waals surface area contributed by atoms with E-state index in [2.05, 4.69) is 0 Å². The smallest absolute Gasteiger partial charge is 0.326 e. The predicted octanol–water partition coefficient (Wildman–Crippen LogP) is 2.95. The summed E-state index contributed by atoms with van der Waals surface area (Å²) in [5.41, 5.74) is 1.83. The standard InChI is InChI=1S/C12H16ClNO2/c1-4-14(9(3)12(15)16)10-6-5-8(2)11(13)7-10/h5-7,9H,4H2,1-3H3,(H,15,16)/t9-/m1/s1. The molecule has 1 aromatic rings. The molecule has 0 heterocycles. The number of halogens is 1. The third kappa shape index (κ3) is 2.67. The van der Waals surface area contributed by atoms with Gasteiger partial charge in [-0.15, -0.1) is 0 Å². The first kappa shape index (κ1) is 12.8. The molecule has 0 aliphatic heterocycles. The Morgan fingerprint density at radius 2 is 2.19 bits per heavy atom. The SMILES string of the molecule is CCN(c1ccc(C)c(Cl)c1)[C@H](C)C(=O)O. The minimum atomic E-state index is -0.835. The molecule has 0 spiro atoms. The summed E-state index contributed by atoms with van der Waals surface area (Å²) in [5, 5.41) is 9.65. The minimum absolute atomic E-state index is 0.552. The summed E-state index contributed by atoms with van der Waals surface area (Å²) >= 11 is 6.03. The Morgan fingerprint density at radius 3 is 2.62 bits per heavy atom. The molecule has 4 heteroatoms. The quantitative estimate of drug-likeness (QED) is 0.881. The van der Waals surface area contributed by atoms with E-state index in [4.69, 9.17) is 16.7 Å². The number of benzene rings is 1. The third-order valence-electron chi connectivity index (χ3n) is 2.65. The van der Waals surface area contributed by atoms with Crippen LogP contribution in [0.2, 0.25) is 5.02 Å². The summed E-state index contributed by atoms with van der Waals surface area (Å²) < 4.78 is 0. The number of carboxylic acids is 1. The van der Waals surface area contributed by atoms with Gasteiger partial charge in [-0.1, -0.05) is 17.7 Å². The second-order valence-corrected chi connectivity index (χ2v) is 4.14. The molecule has 1 rings (SSSR count). The van der Waals surface area contributed by atoms with Crippen LogP contribution < -0.4 is 4.90 Å². The summed E-state index contributed by atoms with van der Waals surface area (Å²) in [7, 11) is 0. The predicted molar refractivity (Wildman–Crippen MR) is 66.3 cm³/mol. The van der Waals surface area contributed by atoms with Gasteiger partial charge in [-0.25, -0.2) is 4.79 Å². The highest BCUT2D eigenvalue weighted by Gasteiger charge is 2.19. The molecular weight excluding hydrogens is 226 g/mol. The van der Waals surface area contributed by atoms with E-state index in [0.717, 1.165) is 11.3 Å². The maximum Gasteiger partial charge on any atom is 0.326 e. The van der Waals surface area contributed by atoms with Crippen LogP contribution in [-0.2, 0) is 4.79 Å². The van der Waals surface area contributed by atoms with E-state index < -0.39 is 12.0 Å². The van der Waals surface area contributed by atoms with Crippen molar-refractivity contribution in [3.8, 4) is 0 Å². The molecule has 0 saturated carbocycles. The lowest BCUT2D eigenvalue weighted by Gasteiger charge is -2.27. The summed E-state index contributed by atoms with van der Waals surface area (Å²) in [6.45, 7) is 6.14. The van der Waals surface area contributed by atoms with Gasteiger partial charge in [0.1, 0.15) is 6.04 Å². The van der Waals surface area contributed by atoms with Gasteiger partial charge in [-0.2, -0.15) is 0 Å². The summed E-state index contributed by atoms with van der Waals surface area (Å²) in [4.78, 5) is 12.7. The monoisotopic (exact) mass is 241 g/mol. The van der Waals surface area contributed by atoms with E-state index in [0.29, 0.717) is 11.6 Å². The van der Waals surface area contributed by atoms with Crippen LogP contribution in [0.25, 0.3) is 0 Å². The van der Waals surface area contributed by atoms with Crippen molar-refractivity contribution in [2.24, 2.45) is 0 Å². The molecule has 0 fully saturated rings. The largest absolute Gasteiger partial charge is 0.480 e. The average Bonchev–Trinajstić information content (AvgIpc) is 2.24. The zero-order valence-corrected chi connectivity index (χ0v) is 10.5. The Kier molecular flexibility index (Phi) is 4.19. The molecule has 0 radical (unpaired) electrons. The molecule has 0 amide bonds. The number of carbonyl (C=O) groups is 1. The van der Waals surface area contributed by atoms with Gasteiger partial charge in [-0.3, -0.25) is 0 Å². The Balaban J connectivity index is 3.04. The zero-order chi connectivity index (χ0) is 12.3. The van der Waals surface area contributed by atoms with Crippen molar-refractivity contribution in [1.82, 2.24) is 0 Å². The van der Waals surface area contributed by atoms with Crippen LogP contribution in [-0.4, -0.2) is 23.7 Å². The number of nitrogens with zero attached hydrogens (tertiary/aromatic N) is 1. The lowest BCUT2D eigenvalue weighted by atomic mass is 10.2. The molecule has 0 aromatic heterocycles. The molecule has 16 heavy (non-hydrogen) atoms. The molecule has 3 nitrogen and oxygen atoms in total. The van der Waals surface area contributed by atoms with Crippen LogP contribution in [0.4, 0.5) is 5.69 Å². The molecule has 0 aliphatic carbocycles. The van der Waals surface area contributed by atoms with E-state index in [1.54, 1.807) is 17.9 Å². The van der Waals surface area contributed by atoms with E-state index >= 15 is 0 Å². The van der Waals surface area contributed by atoms with Crippen molar-refractivity contribution in [2.75, 3.05) is 11.4 Å². The van der Waals surface area contributed by atoms with Crippen LogP contribution >= 0.6 is 11.6 Å². The van der Waals surface area contributed by atoms with Gasteiger partial charge < -0.3 is 10.0 Å². The molecule has 1 aromatic carbocycles. The van der Waals surface area contributed by atoms with Gasteiger partial charge in [0.15, 0.2) is 0 Å². The number of anilines is 1. The highest BCUT2D eigenvalue weighted by atomic mass is 35.5. The minimum Gasteiger partial charge on any atom is -0.480 e. The summed E-state index contributed by atoms with van der Waals surface area (Å²) in [5.74, 6) is -0.835. The van der Waals surface area contributed by atoms with Gasteiger partial charge in [0.2, 0.25) is 0 Å². The molecule has 0 saturated heterocycles. The Morgan fingerprint density at radius 1 is 1.56 bits per heavy atom. The van der Waals surface area contributed by atoms with Gasteiger partial charge >= 0.3 is 5.97 Å². The van der Waals surface area contributed by atoms with Crippen molar-refractivity contribution in [1.29, 1.82) is 0 Å². The lowest BCUT2D eigenvalue weighted by Crippen LogP contribution is -2.38. The molecule has 0 aliphatic rings.